The molecule has 256 valence electrons. The molecular formula is C49H30N6. The molecule has 0 fully saturated rings. The Hall–Kier alpha value is -7.57. The number of hydrogen-bond donors (Lipinski definition) is 0. The highest BCUT2D eigenvalue weighted by Gasteiger charge is 2.18. The van der Waals surface area contributed by atoms with Crippen LogP contribution in [-0.2, 0) is 0 Å². The Bertz CT molecular complexity index is 3250. The van der Waals surface area contributed by atoms with Crippen LogP contribution in [0.15, 0.2) is 182 Å². The maximum Gasteiger partial charge on any atom is 0.164 e. The Morgan fingerprint density at radius 1 is 0.309 bits per heavy atom. The van der Waals surface area contributed by atoms with E-state index >= 15 is 0 Å². The fraction of sp³-hybridized carbons (Fsp3) is 0. The second-order valence-corrected chi connectivity index (χ2v) is 13.7. The maximum absolute atomic E-state index is 5.07. The third-order valence-electron chi connectivity index (χ3n) is 10.5. The number of nitrogens with zero attached hydrogens (tertiary/aromatic N) is 6. The average Bonchev–Trinajstić information content (AvgIpc) is 3.60. The van der Waals surface area contributed by atoms with Crippen molar-refractivity contribution in [2.45, 2.75) is 0 Å². The standard InChI is InChI=1S/C49H30N6/c1-3-12-31(13-4-1)34-16-11-17-35(28-34)49-53-47(32-14-5-2-6-15-32)52-48(54-49)33-22-24-36(25-23-33)55-43-21-10-9-19-38(43)41-29-40-37-18-7-8-20-39(37)45-46(51-27-26-50-45)42(40)30-44(41)55/h1-30H. The predicted octanol–water partition coefficient (Wildman–Crippen LogP) is 11.9. The Morgan fingerprint density at radius 2 is 0.855 bits per heavy atom. The zero-order valence-corrected chi connectivity index (χ0v) is 29.5. The Balaban J connectivity index is 1.08. The molecule has 3 heterocycles. The van der Waals surface area contributed by atoms with E-state index in [0.717, 1.165) is 66.3 Å². The lowest BCUT2D eigenvalue weighted by Crippen LogP contribution is -2.00. The summed E-state index contributed by atoms with van der Waals surface area (Å²) in [6.45, 7) is 0. The first kappa shape index (κ1) is 31.0. The lowest BCUT2D eigenvalue weighted by molar-refractivity contribution is 1.07. The molecule has 0 aliphatic carbocycles. The Morgan fingerprint density at radius 3 is 1.58 bits per heavy atom. The van der Waals surface area contributed by atoms with Crippen LogP contribution in [0.3, 0.4) is 0 Å². The summed E-state index contributed by atoms with van der Waals surface area (Å²) in [5.74, 6) is 1.88. The summed E-state index contributed by atoms with van der Waals surface area (Å²) in [4.78, 5) is 24.7. The van der Waals surface area contributed by atoms with E-state index < -0.39 is 0 Å². The summed E-state index contributed by atoms with van der Waals surface area (Å²) < 4.78 is 2.34. The first-order valence-corrected chi connectivity index (χ1v) is 18.3. The molecule has 0 bridgehead atoms. The van der Waals surface area contributed by atoms with E-state index in [9.17, 15) is 0 Å². The molecule has 0 saturated heterocycles. The number of fused-ring (bicyclic) bond motifs is 9. The van der Waals surface area contributed by atoms with Gasteiger partial charge in [-0.3, -0.25) is 9.97 Å². The van der Waals surface area contributed by atoms with Gasteiger partial charge in [0.2, 0.25) is 0 Å². The zero-order valence-electron chi connectivity index (χ0n) is 29.5. The van der Waals surface area contributed by atoms with Gasteiger partial charge < -0.3 is 4.57 Å². The fourth-order valence-corrected chi connectivity index (χ4v) is 7.95. The molecule has 0 atom stereocenters. The van der Waals surface area contributed by atoms with Gasteiger partial charge in [-0.25, -0.2) is 15.0 Å². The number of aromatic nitrogens is 6. The molecule has 6 nitrogen and oxygen atoms in total. The highest BCUT2D eigenvalue weighted by molar-refractivity contribution is 6.27. The molecule has 0 saturated carbocycles. The lowest BCUT2D eigenvalue weighted by Gasteiger charge is -2.12. The molecule has 0 N–H and O–H groups in total. The van der Waals surface area contributed by atoms with Gasteiger partial charge >= 0.3 is 0 Å². The monoisotopic (exact) mass is 702 g/mol. The van der Waals surface area contributed by atoms with E-state index in [0.29, 0.717) is 17.5 Å². The molecule has 0 spiro atoms. The molecule has 6 heteroatoms. The molecule has 8 aromatic carbocycles. The largest absolute Gasteiger partial charge is 0.309 e. The van der Waals surface area contributed by atoms with Gasteiger partial charge in [0.15, 0.2) is 17.5 Å². The van der Waals surface area contributed by atoms with Crippen molar-refractivity contribution in [3.8, 4) is 51.0 Å². The van der Waals surface area contributed by atoms with Gasteiger partial charge in [-0.1, -0.05) is 121 Å². The predicted molar refractivity (Wildman–Crippen MR) is 224 cm³/mol. The van der Waals surface area contributed by atoms with Gasteiger partial charge in [0.1, 0.15) is 0 Å². The molecule has 11 aromatic rings. The van der Waals surface area contributed by atoms with Crippen molar-refractivity contribution in [2.24, 2.45) is 0 Å². The van der Waals surface area contributed by atoms with Crippen molar-refractivity contribution in [1.29, 1.82) is 0 Å². The fourth-order valence-electron chi connectivity index (χ4n) is 7.95. The summed E-state index contributed by atoms with van der Waals surface area (Å²) in [6.07, 6.45) is 3.56. The summed E-state index contributed by atoms with van der Waals surface area (Å²) in [7, 11) is 0. The third-order valence-corrected chi connectivity index (χ3v) is 10.5. The lowest BCUT2D eigenvalue weighted by atomic mass is 9.97. The highest BCUT2D eigenvalue weighted by Crippen LogP contribution is 2.40. The second kappa shape index (κ2) is 12.5. The first-order valence-electron chi connectivity index (χ1n) is 18.3. The quantitative estimate of drug-likeness (QED) is 0.167. The third kappa shape index (κ3) is 5.15. The highest BCUT2D eigenvalue weighted by atomic mass is 15.0. The zero-order chi connectivity index (χ0) is 36.3. The van der Waals surface area contributed by atoms with Crippen LogP contribution in [0.1, 0.15) is 0 Å². The minimum Gasteiger partial charge on any atom is -0.309 e. The summed E-state index contributed by atoms with van der Waals surface area (Å²) in [5.41, 5.74) is 10.1. The van der Waals surface area contributed by atoms with Crippen LogP contribution >= 0.6 is 0 Å². The molecule has 55 heavy (non-hydrogen) atoms. The van der Waals surface area contributed by atoms with Gasteiger partial charge in [-0.05, 0) is 70.4 Å². The minimum absolute atomic E-state index is 0.616. The summed E-state index contributed by atoms with van der Waals surface area (Å²) >= 11 is 0. The first-order chi connectivity index (χ1) is 27.3. The Labute approximate surface area is 316 Å². The minimum atomic E-state index is 0.616. The van der Waals surface area contributed by atoms with Crippen molar-refractivity contribution >= 4 is 54.4 Å². The van der Waals surface area contributed by atoms with Crippen molar-refractivity contribution in [2.75, 3.05) is 0 Å². The van der Waals surface area contributed by atoms with Crippen molar-refractivity contribution < 1.29 is 0 Å². The smallest absolute Gasteiger partial charge is 0.164 e. The van der Waals surface area contributed by atoms with Crippen molar-refractivity contribution in [3.63, 3.8) is 0 Å². The van der Waals surface area contributed by atoms with E-state index in [4.69, 9.17) is 24.9 Å². The average molecular weight is 703 g/mol. The number of hydrogen-bond acceptors (Lipinski definition) is 5. The van der Waals surface area contributed by atoms with E-state index in [-0.39, 0.29) is 0 Å². The van der Waals surface area contributed by atoms with Gasteiger partial charge in [-0.2, -0.15) is 0 Å². The molecule has 0 unspecified atom stereocenters. The van der Waals surface area contributed by atoms with Gasteiger partial charge in [-0.15, -0.1) is 0 Å². The number of benzene rings is 8. The molecule has 0 radical (unpaired) electrons. The van der Waals surface area contributed by atoms with Crippen LogP contribution in [0.5, 0.6) is 0 Å². The molecule has 0 aliphatic rings. The molecule has 11 rings (SSSR count). The summed E-state index contributed by atoms with van der Waals surface area (Å²) in [5, 5.41) is 6.91. The van der Waals surface area contributed by atoms with Gasteiger partial charge in [0.25, 0.3) is 0 Å². The van der Waals surface area contributed by atoms with Crippen LogP contribution in [0, 0.1) is 0 Å². The van der Waals surface area contributed by atoms with Crippen LogP contribution in [0.2, 0.25) is 0 Å². The van der Waals surface area contributed by atoms with Crippen molar-refractivity contribution in [3.05, 3.63) is 182 Å². The SMILES string of the molecule is c1ccc(-c2cccc(-c3nc(-c4ccccc4)nc(-c4ccc(-n5c6ccccc6c6cc7c8ccccc8c8nccnc8c7cc65)cc4)n3)c2)cc1. The Kier molecular flexibility index (Phi) is 7.07. The van der Waals surface area contributed by atoms with E-state index in [1.54, 1.807) is 12.4 Å². The second-order valence-electron chi connectivity index (χ2n) is 13.7. The molecule has 0 aliphatic heterocycles. The van der Waals surface area contributed by atoms with E-state index in [2.05, 4.69) is 138 Å². The normalized spacial score (nSPS) is 11.6. The maximum atomic E-state index is 5.07. The van der Waals surface area contributed by atoms with Crippen LogP contribution in [0.4, 0.5) is 0 Å². The van der Waals surface area contributed by atoms with Crippen LogP contribution in [0.25, 0.3) is 105 Å². The molecular weight excluding hydrogens is 673 g/mol. The van der Waals surface area contributed by atoms with E-state index in [1.807, 2.05) is 36.4 Å². The van der Waals surface area contributed by atoms with E-state index in [1.165, 1.54) is 21.5 Å². The van der Waals surface area contributed by atoms with Crippen molar-refractivity contribution in [1.82, 2.24) is 29.5 Å². The van der Waals surface area contributed by atoms with Gasteiger partial charge in [0.05, 0.1) is 22.1 Å². The molecule has 0 amide bonds. The number of rotatable bonds is 5. The topological polar surface area (TPSA) is 69.4 Å². The summed E-state index contributed by atoms with van der Waals surface area (Å²) in [6, 6.07) is 59.1. The number of para-hydroxylation sites is 1. The van der Waals surface area contributed by atoms with Crippen LogP contribution < -0.4 is 0 Å². The molecule has 3 aromatic heterocycles. The van der Waals surface area contributed by atoms with Gasteiger partial charge in [0, 0.05) is 56.3 Å². The van der Waals surface area contributed by atoms with Crippen LogP contribution in [-0.4, -0.2) is 29.5 Å².